The van der Waals surface area contributed by atoms with Gasteiger partial charge in [0.05, 0.1) is 18.4 Å². The van der Waals surface area contributed by atoms with Crippen LogP contribution in [0.3, 0.4) is 0 Å². The lowest BCUT2D eigenvalue weighted by molar-refractivity contribution is 0.102. The highest BCUT2D eigenvalue weighted by Gasteiger charge is 2.12. The second-order valence-electron chi connectivity index (χ2n) is 5.46. The summed E-state index contributed by atoms with van der Waals surface area (Å²) in [6.45, 7) is 0.409. The molecular weight excluding hydrogens is 323 g/mol. The van der Waals surface area contributed by atoms with Crippen LogP contribution in [0, 0.1) is 5.82 Å². The van der Waals surface area contributed by atoms with E-state index in [4.69, 9.17) is 0 Å². The monoisotopic (exact) mass is 336 g/mol. The van der Waals surface area contributed by atoms with E-state index >= 15 is 0 Å². The molecule has 124 valence electrons. The standard InChI is InChI=1S/C17H13FN6O/c18-13-4-1-3-12(7-13)10-23-11-14(9-20-23)21-17(25)15-8-16-19-5-2-6-24(16)22-15/h1-9,11H,10H2,(H,21,25). The van der Waals surface area contributed by atoms with Gasteiger partial charge in [-0.2, -0.15) is 10.2 Å². The molecule has 1 N–H and O–H groups in total. The fourth-order valence-corrected chi connectivity index (χ4v) is 2.47. The highest BCUT2D eigenvalue weighted by molar-refractivity contribution is 6.03. The first kappa shape index (κ1) is 15.0. The third kappa shape index (κ3) is 3.23. The van der Waals surface area contributed by atoms with Crippen LogP contribution in [-0.2, 0) is 6.54 Å². The second-order valence-corrected chi connectivity index (χ2v) is 5.46. The van der Waals surface area contributed by atoms with Gasteiger partial charge in [0.2, 0.25) is 0 Å². The van der Waals surface area contributed by atoms with Crippen molar-refractivity contribution in [2.45, 2.75) is 6.54 Å². The summed E-state index contributed by atoms with van der Waals surface area (Å²) in [4.78, 5) is 16.4. The predicted molar refractivity (Wildman–Crippen MR) is 88.7 cm³/mol. The Balaban J connectivity index is 1.47. The maximum Gasteiger partial charge on any atom is 0.276 e. The molecule has 0 aliphatic heterocycles. The van der Waals surface area contributed by atoms with Crippen LogP contribution in [0.4, 0.5) is 10.1 Å². The van der Waals surface area contributed by atoms with Gasteiger partial charge < -0.3 is 5.32 Å². The summed E-state index contributed by atoms with van der Waals surface area (Å²) in [5, 5.41) is 11.1. The minimum atomic E-state index is -0.351. The zero-order valence-corrected chi connectivity index (χ0v) is 13.0. The number of carbonyl (C=O) groups is 1. The van der Waals surface area contributed by atoms with E-state index in [0.29, 0.717) is 17.9 Å². The molecule has 1 aromatic carbocycles. The van der Waals surface area contributed by atoms with Crippen LogP contribution in [0.15, 0.2) is 61.2 Å². The summed E-state index contributed by atoms with van der Waals surface area (Å²) in [5.74, 6) is -0.644. The Bertz CT molecular complexity index is 1020. The van der Waals surface area contributed by atoms with E-state index in [1.807, 2.05) is 6.07 Å². The van der Waals surface area contributed by atoms with Crippen molar-refractivity contribution in [3.63, 3.8) is 0 Å². The van der Waals surface area contributed by atoms with E-state index in [1.54, 1.807) is 41.5 Å². The molecule has 8 heteroatoms. The van der Waals surface area contributed by atoms with Crippen LogP contribution in [0.5, 0.6) is 0 Å². The average molecular weight is 336 g/mol. The van der Waals surface area contributed by atoms with Crippen molar-refractivity contribution >= 4 is 17.2 Å². The zero-order valence-electron chi connectivity index (χ0n) is 13.0. The minimum absolute atomic E-state index is 0.261. The van der Waals surface area contributed by atoms with E-state index < -0.39 is 0 Å². The van der Waals surface area contributed by atoms with Crippen molar-refractivity contribution < 1.29 is 9.18 Å². The first-order valence-corrected chi connectivity index (χ1v) is 7.56. The molecule has 0 unspecified atom stereocenters. The molecule has 0 spiro atoms. The largest absolute Gasteiger partial charge is 0.318 e. The molecule has 0 radical (unpaired) electrons. The molecule has 0 aliphatic carbocycles. The van der Waals surface area contributed by atoms with Gasteiger partial charge in [-0.15, -0.1) is 0 Å². The Morgan fingerprint density at radius 1 is 1.24 bits per heavy atom. The third-order valence-corrected chi connectivity index (χ3v) is 3.59. The summed E-state index contributed by atoms with van der Waals surface area (Å²) in [5.41, 5.74) is 2.17. The van der Waals surface area contributed by atoms with Crippen LogP contribution in [0.1, 0.15) is 16.1 Å². The van der Waals surface area contributed by atoms with E-state index in [9.17, 15) is 9.18 Å². The van der Waals surface area contributed by atoms with Gasteiger partial charge in [0.25, 0.3) is 5.91 Å². The van der Waals surface area contributed by atoms with Crippen LogP contribution in [0.25, 0.3) is 5.65 Å². The summed E-state index contributed by atoms with van der Waals surface area (Å²) in [6.07, 6.45) is 6.56. The molecule has 0 saturated heterocycles. The Morgan fingerprint density at radius 3 is 3.00 bits per heavy atom. The predicted octanol–water partition coefficient (Wildman–Crippen LogP) is 2.37. The first-order chi connectivity index (χ1) is 12.2. The maximum absolute atomic E-state index is 13.2. The molecule has 0 bridgehead atoms. The smallest absolute Gasteiger partial charge is 0.276 e. The van der Waals surface area contributed by atoms with Crippen molar-refractivity contribution in [2.24, 2.45) is 0 Å². The van der Waals surface area contributed by atoms with Gasteiger partial charge in [-0.05, 0) is 23.8 Å². The van der Waals surface area contributed by atoms with Gasteiger partial charge in [-0.3, -0.25) is 9.48 Å². The Labute approximate surface area is 141 Å². The van der Waals surface area contributed by atoms with Gasteiger partial charge in [0.1, 0.15) is 5.82 Å². The maximum atomic E-state index is 13.2. The van der Waals surface area contributed by atoms with Gasteiger partial charge >= 0.3 is 0 Å². The second kappa shape index (κ2) is 6.16. The molecule has 3 aromatic heterocycles. The molecule has 4 aromatic rings. The van der Waals surface area contributed by atoms with Gasteiger partial charge in [-0.25, -0.2) is 13.9 Å². The van der Waals surface area contributed by atoms with Gasteiger partial charge in [0.15, 0.2) is 11.3 Å². The zero-order chi connectivity index (χ0) is 17.2. The molecule has 0 saturated carbocycles. The number of amides is 1. The van der Waals surface area contributed by atoms with E-state index in [1.165, 1.54) is 22.8 Å². The lowest BCUT2D eigenvalue weighted by Gasteiger charge is -2.02. The molecule has 4 rings (SSSR count). The van der Waals surface area contributed by atoms with Crippen molar-refractivity contribution in [1.82, 2.24) is 24.4 Å². The number of fused-ring (bicyclic) bond motifs is 1. The molecular formula is C17H13FN6O. The lowest BCUT2D eigenvalue weighted by Crippen LogP contribution is -2.12. The molecule has 7 nitrogen and oxygen atoms in total. The molecule has 3 heterocycles. The van der Waals surface area contributed by atoms with Crippen LogP contribution in [0.2, 0.25) is 0 Å². The number of nitrogens with zero attached hydrogens (tertiary/aromatic N) is 5. The number of carbonyl (C=O) groups excluding carboxylic acids is 1. The molecule has 0 atom stereocenters. The van der Waals surface area contributed by atoms with Crippen LogP contribution < -0.4 is 5.32 Å². The van der Waals surface area contributed by atoms with Crippen LogP contribution in [-0.4, -0.2) is 30.3 Å². The normalized spacial score (nSPS) is 10.9. The molecule has 1 amide bonds. The Morgan fingerprint density at radius 2 is 2.16 bits per heavy atom. The van der Waals surface area contributed by atoms with Crippen LogP contribution >= 0.6 is 0 Å². The topological polar surface area (TPSA) is 77.1 Å². The van der Waals surface area contributed by atoms with Gasteiger partial charge in [-0.1, -0.05) is 12.1 Å². The highest BCUT2D eigenvalue weighted by Crippen LogP contribution is 2.11. The first-order valence-electron chi connectivity index (χ1n) is 7.56. The van der Waals surface area contributed by atoms with E-state index in [-0.39, 0.29) is 17.4 Å². The number of rotatable bonds is 4. The number of benzene rings is 1. The Hall–Kier alpha value is -3.55. The summed E-state index contributed by atoms with van der Waals surface area (Å²) in [7, 11) is 0. The summed E-state index contributed by atoms with van der Waals surface area (Å²) in [6, 6.07) is 9.64. The number of nitrogens with one attached hydrogen (secondary N) is 1. The van der Waals surface area contributed by atoms with E-state index in [2.05, 4.69) is 20.5 Å². The fourth-order valence-electron chi connectivity index (χ4n) is 2.47. The number of hydrogen-bond donors (Lipinski definition) is 1. The van der Waals surface area contributed by atoms with Gasteiger partial charge in [0, 0.05) is 24.7 Å². The minimum Gasteiger partial charge on any atom is -0.318 e. The average Bonchev–Trinajstić information content (AvgIpc) is 3.21. The number of aromatic nitrogens is 5. The fraction of sp³-hybridized carbons (Fsp3) is 0.0588. The Kier molecular flexibility index (Phi) is 3.70. The molecule has 25 heavy (non-hydrogen) atoms. The van der Waals surface area contributed by atoms with Crippen molar-refractivity contribution in [1.29, 1.82) is 0 Å². The third-order valence-electron chi connectivity index (χ3n) is 3.59. The highest BCUT2D eigenvalue weighted by atomic mass is 19.1. The quantitative estimate of drug-likeness (QED) is 0.621. The van der Waals surface area contributed by atoms with E-state index in [0.717, 1.165) is 5.56 Å². The van der Waals surface area contributed by atoms with Crippen molar-refractivity contribution in [3.8, 4) is 0 Å². The van der Waals surface area contributed by atoms with Crippen molar-refractivity contribution in [2.75, 3.05) is 5.32 Å². The van der Waals surface area contributed by atoms with Crippen molar-refractivity contribution in [3.05, 3.63) is 78.3 Å². The number of hydrogen-bond acceptors (Lipinski definition) is 4. The molecule has 0 fully saturated rings. The summed E-state index contributed by atoms with van der Waals surface area (Å²) >= 11 is 0. The lowest BCUT2D eigenvalue weighted by atomic mass is 10.2. The number of halogens is 1. The summed E-state index contributed by atoms with van der Waals surface area (Å²) < 4.78 is 16.4. The number of anilines is 1. The SMILES string of the molecule is O=C(Nc1cnn(Cc2cccc(F)c2)c1)c1cc2ncccn2n1. The molecule has 0 aliphatic rings.